The second kappa shape index (κ2) is 8.26. The van der Waals surface area contributed by atoms with Gasteiger partial charge in [-0.3, -0.25) is 15.1 Å². The van der Waals surface area contributed by atoms with E-state index >= 15 is 0 Å². The molecule has 0 atom stereocenters. The fourth-order valence-electron chi connectivity index (χ4n) is 3.50. The molecule has 2 aromatic rings. The number of nitro groups is 1. The van der Waals surface area contributed by atoms with Gasteiger partial charge in [-0.05, 0) is 56.1 Å². The number of aromatic nitrogens is 3. The zero-order chi connectivity index (χ0) is 19.4. The van der Waals surface area contributed by atoms with E-state index in [0.29, 0.717) is 30.5 Å². The third-order valence-electron chi connectivity index (χ3n) is 4.92. The maximum absolute atomic E-state index is 11.5. The van der Waals surface area contributed by atoms with E-state index in [0.717, 1.165) is 36.8 Å². The van der Waals surface area contributed by atoms with Gasteiger partial charge >= 0.3 is 5.69 Å². The summed E-state index contributed by atoms with van der Waals surface area (Å²) >= 11 is 0. The summed E-state index contributed by atoms with van der Waals surface area (Å²) in [6, 6.07) is 2.23. The number of aryl methyl sites for hydroxylation is 1. The average Bonchev–Trinajstić information content (AvgIpc) is 2.61. The van der Waals surface area contributed by atoms with Crippen molar-refractivity contribution in [3.05, 3.63) is 45.4 Å². The van der Waals surface area contributed by atoms with Crippen molar-refractivity contribution in [2.45, 2.75) is 51.6 Å². The van der Waals surface area contributed by atoms with Crippen LogP contribution in [0.5, 0.6) is 0 Å². The molecule has 27 heavy (non-hydrogen) atoms. The highest BCUT2D eigenvalue weighted by molar-refractivity contribution is 5.58. The Labute approximate surface area is 157 Å². The van der Waals surface area contributed by atoms with E-state index < -0.39 is 4.92 Å². The number of hydrogen-bond acceptors (Lipinski definition) is 8. The lowest BCUT2D eigenvalue weighted by atomic mass is 9.83. The van der Waals surface area contributed by atoms with Gasteiger partial charge in [-0.2, -0.15) is 4.98 Å². The summed E-state index contributed by atoms with van der Waals surface area (Å²) in [7, 11) is 0. The number of hydrogen-bond donors (Lipinski definition) is 3. The molecule has 9 nitrogen and oxygen atoms in total. The van der Waals surface area contributed by atoms with Crippen LogP contribution in [0.3, 0.4) is 0 Å². The number of pyridine rings is 1. The summed E-state index contributed by atoms with van der Waals surface area (Å²) < 4.78 is 0. The first-order valence-corrected chi connectivity index (χ1v) is 9.13. The number of rotatable bonds is 6. The molecule has 144 valence electrons. The first-order valence-electron chi connectivity index (χ1n) is 9.13. The lowest BCUT2D eigenvalue weighted by molar-refractivity contribution is -0.385. The Balaban J connectivity index is 1.79. The van der Waals surface area contributed by atoms with Crippen LogP contribution in [0.25, 0.3) is 0 Å². The van der Waals surface area contributed by atoms with Gasteiger partial charge in [0.2, 0.25) is 11.8 Å². The van der Waals surface area contributed by atoms with Crippen LogP contribution in [-0.2, 0) is 13.0 Å². The molecule has 0 bridgehead atoms. The molecule has 0 radical (unpaired) electrons. The number of nitrogen functional groups attached to an aromatic ring is 1. The van der Waals surface area contributed by atoms with Crippen molar-refractivity contribution >= 4 is 17.5 Å². The maximum Gasteiger partial charge on any atom is 0.332 e. The summed E-state index contributed by atoms with van der Waals surface area (Å²) in [6.07, 6.45) is 7.80. The van der Waals surface area contributed by atoms with E-state index in [2.05, 4.69) is 20.3 Å². The molecule has 1 aliphatic rings. The molecule has 1 aliphatic carbocycles. The van der Waals surface area contributed by atoms with Crippen molar-refractivity contribution in [3.63, 3.8) is 0 Å². The summed E-state index contributed by atoms with van der Waals surface area (Å²) in [5.74, 6) is 0.510. The lowest BCUT2D eigenvalue weighted by Crippen LogP contribution is -2.27. The molecule has 0 aromatic carbocycles. The Morgan fingerprint density at radius 1 is 1.26 bits per heavy atom. The molecule has 0 saturated heterocycles. The van der Waals surface area contributed by atoms with E-state index in [9.17, 15) is 10.1 Å². The third-order valence-corrected chi connectivity index (χ3v) is 4.92. The molecule has 0 aliphatic heterocycles. The minimum Gasteiger partial charge on any atom is -0.378 e. The zero-order valence-electron chi connectivity index (χ0n) is 15.4. The number of nitrogens with two attached hydrogens (primary N) is 2. The first kappa shape index (κ1) is 19.0. The highest BCUT2D eigenvalue weighted by Gasteiger charge is 2.27. The van der Waals surface area contributed by atoms with Gasteiger partial charge in [-0.25, -0.2) is 4.98 Å². The standard InChI is InChI=1S/C18H25N7O2/c1-11-6-13(9-21-8-11)10-22-18-23-15(16(25(26)27)17(20)24-18)7-12-2-4-14(19)5-3-12/h6,8-9,12,14H,2-5,7,10,19H2,1H3,(H3,20,22,23,24). The number of anilines is 2. The minimum atomic E-state index is -0.493. The molecule has 0 spiro atoms. The Bertz CT molecular complexity index is 819. The van der Waals surface area contributed by atoms with E-state index in [1.807, 2.05) is 13.0 Å². The number of nitrogens with zero attached hydrogens (tertiary/aromatic N) is 4. The zero-order valence-corrected chi connectivity index (χ0v) is 15.4. The smallest absolute Gasteiger partial charge is 0.332 e. The summed E-state index contributed by atoms with van der Waals surface area (Å²) in [6.45, 7) is 2.43. The molecule has 3 rings (SSSR count). The van der Waals surface area contributed by atoms with Crippen LogP contribution in [0.2, 0.25) is 0 Å². The predicted molar refractivity (Wildman–Crippen MR) is 103 cm³/mol. The van der Waals surface area contributed by atoms with Crippen LogP contribution in [0, 0.1) is 23.0 Å². The Morgan fingerprint density at radius 2 is 2.00 bits per heavy atom. The normalized spacial score (nSPS) is 19.6. The number of nitrogens with one attached hydrogen (secondary N) is 1. The molecule has 1 fully saturated rings. The van der Waals surface area contributed by atoms with Gasteiger partial charge in [0.25, 0.3) is 0 Å². The van der Waals surface area contributed by atoms with Crippen LogP contribution in [-0.4, -0.2) is 25.9 Å². The van der Waals surface area contributed by atoms with Gasteiger partial charge in [-0.1, -0.05) is 6.07 Å². The van der Waals surface area contributed by atoms with Gasteiger partial charge in [0.15, 0.2) is 0 Å². The maximum atomic E-state index is 11.5. The van der Waals surface area contributed by atoms with Crippen LogP contribution in [0.15, 0.2) is 18.5 Å². The van der Waals surface area contributed by atoms with Gasteiger partial charge in [0.05, 0.1) is 4.92 Å². The van der Waals surface area contributed by atoms with Gasteiger partial charge in [0.1, 0.15) is 5.69 Å². The second-order valence-corrected chi connectivity index (χ2v) is 7.19. The third kappa shape index (κ3) is 4.88. The quantitative estimate of drug-likeness (QED) is 0.518. The van der Waals surface area contributed by atoms with Crippen LogP contribution < -0.4 is 16.8 Å². The molecule has 0 unspecified atom stereocenters. The Morgan fingerprint density at radius 3 is 2.67 bits per heavy atom. The summed E-state index contributed by atoms with van der Waals surface area (Å²) in [4.78, 5) is 23.6. The molecule has 2 aromatic heterocycles. The summed E-state index contributed by atoms with van der Waals surface area (Å²) in [5.41, 5.74) is 14.1. The monoisotopic (exact) mass is 371 g/mol. The molecular formula is C18H25N7O2. The van der Waals surface area contributed by atoms with E-state index in [-0.39, 0.29) is 17.5 Å². The second-order valence-electron chi connectivity index (χ2n) is 7.19. The Hall–Kier alpha value is -2.81. The highest BCUT2D eigenvalue weighted by atomic mass is 16.6. The largest absolute Gasteiger partial charge is 0.378 e. The highest BCUT2D eigenvalue weighted by Crippen LogP contribution is 2.31. The average molecular weight is 371 g/mol. The van der Waals surface area contributed by atoms with Crippen molar-refractivity contribution in [1.82, 2.24) is 15.0 Å². The van der Waals surface area contributed by atoms with Crippen LogP contribution in [0.4, 0.5) is 17.5 Å². The fraction of sp³-hybridized carbons (Fsp3) is 0.500. The Kier molecular flexibility index (Phi) is 5.80. The van der Waals surface area contributed by atoms with Gasteiger partial charge < -0.3 is 16.8 Å². The van der Waals surface area contributed by atoms with Crippen molar-refractivity contribution in [1.29, 1.82) is 0 Å². The van der Waals surface area contributed by atoms with Gasteiger partial charge in [-0.15, -0.1) is 0 Å². The predicted octanol–water partition coefficient (Wildman–Crippen LogP) is 2.34. The minimum absolute atomic E-state index is 0.109. The molecule has 2 heterocycles. The van der Waals surface area contributed by atoms with E-state index in [1.165, 1.54) is 0 Å². The SMILES string of the molecule is Cc1cncc(CNc2nc(N)c([N+](=O)[O-])c(CC3CCC(N)CC3)n2)c1. The van der Waals surface area contributed by atoms with Crippen molar-refractivity contribution in [3.8, 4) is 0 Å². The van der Waals surface area contributed by atoms with Crippen molar-refractivity contribution in [2.75, 3.05) is 11.1 Å². The molecular weight excluding hydrogens is 346 g/mol. The molecule has 1 saturated carbocycles. The molecule has 5 N–H and O–H groups in total. The van der Waals surface area contributed by atoms with Gasteiger partial charge in [0, 0.05) is 25.0 Å². The molecule has 9 heteroatoms. The summed E-state index contributed by atoms with van der Waals surface area (Å²) in [5, 5.41) is 14.6. The van der Waals surface area contributed by atoms with E-state index in [4.69, 9.17) is 11.5 Å². The van der Waals surface area contributed by atoms with E-state index in [1.54, 1.807) is 12.4 Å². The fourth-order valence-corrected chi connectivity index (χ4v) is 3.50. The van der Waals surface area contributed by atoms with Crippen LogP contribution >= 0.6 is 0 Å². The topological polar surface area (TPSA) is 146 Å². The van der Waals surface area contributed by atoms with Crippen molar-refractivity contribution < 1.29 is 4.92 Å². The first-order chi connectivity index (χ1) is 12.9. The molecule has 0 amide bonds. The van der Waals surface area contributed by atoms with Crippen molar-refractivity contribution in [2.24, 2.45) is 11.7 Å². The lowest BCUT2D eigenvalue weighted by Gasteiger charge is -2.25. The van der Waals surface area contributed by atoms with Crippen LogP contribution in [0.1, 0.15) is 42.5 Å².